The summed E-state index contributed by atoms with van der Waals surface area (Å²) in [5.74, 6) is -0.925. The molecule has 0 radical (unpaired) electrons. The van der Waals surface area contributed by atoms with Crippen molar-refractivity contribution < 1.29 is 28.6 Å². The zero-order valence-corrected chi connectivity index (χ0v) is 53.2. The van der Waals surface area contributed by atoms with Gasteiger partial charge in [0.2, 0.25) is 0 Å². The molecule has 0 N–H and O–H groups in total. The van der Waals surface area contributed by atoms with Crippen molar-refractivity contribution in [1.29, 1.82) is 0 Å². The monoisotopic (exact) mass is 1130 g/mol. The van der Waals surface area contributed by atoms with E-state index in [1.54, 1.807) is 0 Å². The fraction of sp³-hybridized carbons (Fsp3) is 0.645. The summed E-state index contributed by atoms with van der Waals surface area (Å²) in [5, 5.41) is 0. The molecular formula is C76H124O6. The van der Waals surface area contributed by atoms with Crippen molar-refractivity contribution in [2.24, 2.45) is 0 Å². The van der Waals surface area contributed by atoms with Gasteiger partial charge in [0.1, 0.15) is 13.2 Å². The third kappa shape index (κ3) is 66.1. The first-order valence-electron chi connectivity index (χ1n) is 33.8. The van der Waals surface area contributed by atoms with Crippen LogP contribution in [0.15, 0.2) is 146 Å². The molecule has 0 heterocycles. The number of rotatable bonds is 60. The van der Waals surface area contributed by atoms with Crippen LogP contribution in [0.4, 0.5) is 0 Å². The van der Waals surface area contributed by atoms with Crippen molar-refractivity contribution in [3.8, 4) is 0 Å². The number of carbonyl (C=O) groups excluding carboxylic acids is 3. The van der Waals surface area contributed by atoms with Crippen LogP contribution in [0.2, 0.25) is 0 Å². The van der Waals surface area contributed by atoms with Crippen molar-refractivity contribution in [2.45, 2.75) is 303 Å². The van der Waals surface area contributed by atoms with Crippen LogP contribution in [-0.2, 0) is 28.6 Å². The first-order chi connectivity index (χ1) is 40.5. The van der Waals surface area contributed by atoms with Gasteiger partial charge in [-0.15, -0.1) is 0 Å². The standard InChI is InChI=1S/C76H124O6/c1-4-7-10-13-16-19-22-25-27-29-31-32-33-34-35-36-37-38-39-40-41-42-43-44-46-47-49-51-54-57-60-63-66-69-75(78)81-72-73(71-80-74(77)68-65-62-59-56-53-24-21-18-15-12-9-6-3)82-76(79)70-67-64-61-58-55-52-50-48-45-30-28-26-23-20-17-14-11-8-5-2/h7-8,10-11,16-17,19-20,25-28,31-32,34-35,37-38,40-41,45,48,52,55,73H,4-6,9,12-15,18,21-24,29-30,33,36,39,42-44,46-47,49-51,53-54,56-72H2,1-3H3/b10-7-,11-8-,19-16-,20-17-,27-25-,28-26-,32-31-,35-34-,38-37-,41-40-,48-45-,55-52-. The van der Waals surface area contributed by atoms with Crippen molar-refractivity contribution in [1.82, 2.24) is 0 Å². The Morgan fingerprint density at radius 1 is 0.256 bits per heavy atom. The second-order valence-electron chi connectivity index (χ2n) is 22.0. The summed E-state index contributed by atoms with van der Waals surface area (Å²) in [7, 11) is 0. The summed E-state index contributed by atoms with van der Waals surface area (Å²) in [4.78, 5) is 38.3. The SMILES string of the molecule is CC/C=C\C/C=C\C/C=C\C/C=C\C/C=C\C/C=C\C/C=C\CCCCCCCCCCCCCC(=O)OCC(COC(=O)CCCCCCCCCCCCCC)OC(=O)CCCCC/C=C\C/C=C\C/C=C\C/C=C\C/C=C\CC. The molecule has 0 aromatic heterocycles. The van der Waals surface area contributed by atoms with Crippen molar-refractivity contribution in [3.05, 3.63) is 146 Å². The van der Waals surface area contributed by atoms with Gasteiger partial charge in [-0.25, -0.2) is 0 Å². The van der Waals surface area contributed by atoms with E-state index < -0.39 is 6.10 Å². The number of ether oxygens (including phenoxy) is 3. The predicted octanol–water partition coefficient (Wildman–Crippen LogP) is 23.5. The van der Waals surface area contributed by atoms with Gasteiger partial charge in [-0.3, -0.25) is 14.4 Å². The Bertz CT molecular complexity index is 1780. The summed E-state index contributed by atoms with van der Waals surface area (Å²) in [6.07, 6.45) is 98.6. The minimum Gasteiger partial charge on any atom is -0.462 e. The molecule has 0 aliphatic rings. The minimum atomic E-state index is -0.801. The van der Waals surface area contributed by atoms with E-state index in [1.165, 1.54) is 116 Å². The highest BCUT2D eigenvalue weighted by atomic mass is 16.6. The quantitative estimate of drug-likeness (QED) is 0.0261. The molecule has 6 nitrogen and oxygen atoms in total. The van der Waals surface area contributed by atoms with Crippen LogP contribution < -0.4 is 0 Å². The number of esters is 3. The first kappa shape index (κ1) is 77.3. The molecule has 0 aliphatic heterocycles. The van der Waals surface area contributed by atoms with E-state index >= 15 is 0 Å². The maximum absolute atomic E-state index is 12.9. The predicted molar refractivity (Wildman–Crippen MR) is 357 cm³/mol. The van der Waals surface area contributed by atoms with Crippen molar-refractivity contribution >= 4 is 17.9 Å². The molecular weight excluding hydrogens is 1010 g/mol. The maximum Gasteiger partial charge on any atom is 0.306 e. The zero-order chi connectivity index (χ0) is 59.2. The second-order valence-corrected chi connectivity index (χ2v) is 22.0. The average molecular weight is 1130 g/mol. The van der Waals surface area contributed by atoms with E-state index in [0.717, 1.165) is 141 Å². The Balaban J connectivity index is 4.29. The Hall–Kier alpha value is -4.71. The van der Waals surface area contributed by atoms with E-state index in [0.29, 0.717) is 12.8 Å². The van der Waals surface area contributed by atoms with Crippen molar-refractivity contribution in [2.75, 3.05) is 13.2 Å². The summed E-state index contributed by atoms with van der Waals surface area (Å²) < 4.78 is 16.9. The Morgan fingerprint density at radius 3 is 0.756 bits per heavy atom. The number of hydrogen-bond donors (Lipinski definition) is 0. The lowest BCUT2D eigenvalue weighted by molar-refractivity contribution is -0.167. The lowest BCUT2D eigenvalue weighted by Crippen LogP contribution is -2.30. The van der Waals surface area contributed by atoms with Gasteiger partial charge in [0.25, 0.3) is 0 Å². The van der Waals surface area contributed by atoms with Gasteiger partial charge in [0.05, 0.1) is 0 Å². The molecule has 0 bridgehead atoms. The van der Waals surface area contributed by atoms with Gasteiger partial charge in [0, 0.05) is 19.3 Å². The Morgan fingerprint density at radius 2 is 0.476 bits per heavy atom. The maximum atomic E-state index is 12.9. The molecule has 0 aliphatic carbocycles. The molecule has 1 atom stereocenters. The second kappa shape index (κ2) is 68.8. The van der Waals surface area contributed by atoms with Crippen LogP contribution >= 0.6 is 0 Å². The zero-order valence-electron chi connectivity index (χ0n) is 53.2. The lowest BCUT2D eigenvalue weighted by atomic mass is 10.0. The smallest absolute Gasteiger partial charge is 0.306 e. The summed E-state index contributed by atoms with van der Waals surface area (Å²) in [5.41, 5.74) is 0. The van der Waals surface area contributed by atoms with E-state index in [4.69, 9.17) is 14.2 Å². The molecule has 0 spiro atoms. The third-order valence-corrected chi connectivity index (χ3v) is 14.1. The van der Waals surface area contributed by atoms with Gasteiger partial charge in [-0.2, -0.15) is 0 Å². The van der Waals surface area contributed by atoms with Crippen LogP contribution in [0.1, 0.15) is 297 Å². The topological polar surface area (TPSA) is 78.9 Å². The molecule has 0 aromatic rings. The fourth-order valence-corrected chi connectivity index (χ4v) is 9.10. The van der Waals surface area contributed by atoms with Crippen LogP contribution in [0, 0.1) is 0 Å². The van der Waals surface area contributed by atoms with Gasteiger partial charge < -0.3 is 14.2 Å². The molecule has 0 fully saturated rings. The van der Waals surface area contributed by atoms with Gasteiger partial charge >= 0.3 is 17.9 Å². The number of unbranched alkanes of at least 4 members (excludes halogenated alkanes) is 25. The largest absolute Gasteiger partial charge is 0.462 e. The lowest BCUT2D eigenvalue weighted by Gasteiger charge is -2.18. The van der Waals surface area contributed by atoms with Crippen LogP contribution in [-0.4, -0.2) is 37.2 Å². The molecule has 6 heteroatoms. The molecule has 0 saturated heterocycles. The molecule has 0 aromatic carbocycles. The Kier molecular flexibility index (Phi) is 64.8. The van der Waals surface area contributed by atoms with Crippen molar-refractivity contribution in [3.63, 3.8) is 0 Å². The highest BCUT2D eigenvalue weighted by Gasteiger charge is 2.19. The molecule has 464 valence electrons. The van der Waals surface area contributed by atoms with Gasteiger partial charge in [-0.1, -0.05) is 301 Å². The molecule has 1 unspecified atom stereocenters. The van der Waals surface area contributed by atoms with E-state index in [9.17, 15) is 14.4 Å². The summed E-state index contributed by atoms with van der Waals surface area (Å²) in [6, 6.07) is 0. The van der Waals surface area contributed by atoms with Gasteiger partial charge in [0.15, 0.2) is 6.10 Å². The van der Waals surface area contributed by atoms with Crippen LogP contribution in [0.5, 0.6) is 0 Å². The summed E-state index contributed by atoms with van der Waals surface area (Å²) in [6.45, 7) is 6.39. The molecule has 0 saturated carbocycles. The van der Waals surface area contributed by atoms with Crippen LogP contribution in [0.3, 0.4) is 0 Å². The average Bonchev–Trinajstić information content (AvgIpc) is 3.47. The highest BCUT2D eigenvalue weighted by molar-refractivity contribution is 5.71. The summed E-state index contributed by atoms with van der Waals surface area (Å²) >= 11 is 0. The normalized spacial score (nSPS) is 13.1. The van der Waals surface area contributed by atoms with E-state index in [1.807, 2.05) is 0 Å². The first-order valence-corrected chi connectivity index (χ1v) is 33.8. The Labute approximate surface area is 506 Å². The third-order valence-electron chi connectivity index (χ3n) is 14.1. The van der Waals surface area contributed by atoms with Crippen LogP contribution in [0.25, 0.3) is 0 Å². The fourth-order valence-electron chi connectivity index (χ4n) is 9.10. The molecule has 82 heavy (non-hydrogen) atoms. The highest BCUT2D eigenvalue weighted by Crippen LogP contribution is 2.16. The molecule has 0 rings (SSSR count). The van der Waals surface area contributed by atoms with Gasteiger partial charge in [-0.05, 0) is 122 Å². The molecule has 0 amide bonds. The minimum absolute atomic E-state index is 0.0934. The van der Waals surface area contributed by atoms with E-state index in [-0.39, 0.29) is 37.5 Å². The van der Waals surface area contributed by atoms with E-state index in [2.05, 4.69) is 167 Å². The number of carbonyl (C=O) groups is 3. The number of hydrogen-bond acceptors (Lipinski definition) is 6. The number of allylic oxidation sites excluding steroid dienone is 24.